The molecule has 102 valence electrons. The van der Waals surface area contributed by atoms with E-state index < -0.39 is 0 Å². The van der Waals surface area contributed by atoms with E-state index in [9.17, 15) is 9.90 Å². The van der Waals surface area contributed by atoms with Crippen LogP contribution in [0.1, 0.15) is 22.8 Å². The molecular formula is C15H13BrN2O2. The summed E-state index contributed by atoms with van der Waals surface area (Å²) in [5.41, 5.74) is 4.10. The standard InChI is InChI=1S/C15H13BrN2O2/c1-10(13-4-2-3-5-14(13)19)17-18-15(20)11-6-8-12(16)9-7-11/h2-9,19H,1H3,(H,18,20)/b17-10+. The molecule has 2 aromatic rings. The Morgan fingerprint density at radius 2 is 1.80 bits per heavy atom. The molecule has 0 aliphatic carbocycles. The summed E-state index contributed by atoms with van der Waals surface area (Å²) in [6.07, 6.45) is 0. The smallest absolute Gasteiger partial charge is 0.271 e. The van der Waals surface area contributed by atoms with Crippen molar-refractivity contribution in [3.8, 4) is 5.75 Å². The van der Waals surface area contributed by atoms with Crippen LogP contribution < -0.4 is 5.43 Å². The number of benzene rings is 2. The average molecular weight is 333 g/mol. The third kappa shape index (κ3) is 3.45. The molecule has 0 saturated carbocycles. The molecule has 2 rings (SSSR count). The molecule has 0 heterocycles. The van der Waals surface area contributed by atoms with Crippen LogP contribution in [0.3, 0.4) is 0 Å². The van der Waals surface area contributed by atoms with Crippen LogP contribution in [0.2, 0.25) is 0 Å². The molecule has 4 nitrogen and oxygen atoms in total. The monoisotopic (exact) mass is 332 g/mol. The molecule has 0 aromatic heterocycles. The van der Waals surface area contributed by atoms with Gasteiger partial charge in [0.05, 0.1) is 5.71 Å². The van der Waals surface area contributed by atoms with Gasteiger partial charge in [0, 0.05) is 15.6 Å². The second-order valence-electron chi connectivity index (χ2n) is 4.16. The third-order valence-corrected chi connectivity index (χ3v) is 3.25. The topological polar surface area (TPSA) is 61.7 Å². The number of amides is 1. The Kier molecular flexibility index (Phi) is 4.53. The van der Waals surface area contributed by atoms with Crippen molar-refractivity contribution >= 4 is 27.5 Å². The third-order valence-electron chi connectivity index (χ3n) is 2.73. The number of phenols is 1. The second-order valence-corrected chi connectivity index (χ2v) is 5.08. The highest BCUT2D eigenvalue weighted by molar-refractivity contribution is 9.10. The highest BCUT2D eigenvalue weighted by Crippen LogP contribution is 2.16. The molecule has 0 atom stereocenters. The van der Waals surface area contributed by atoms with E-state index in [2.05, 4.69) is 26.5 Å². The fourth-order valence-electron chi connectivity index (χ4n) is 1.64. The van der Waals surface area contributed by atoms with Crippen molar-refractivity contribution < 1.29 is 9.90 Å². The first-order valence-electron chi connectivity index (χ1n) is 5.96. The summed E-state index contributed by atoms with van der Waals surface area (Å²) in [5.74, 6) is -0.168. The van der Waals surface area contributed by atoms with Crippen LogP contribution in [-0.2, 0) is 0 Å². The Bertz CT molecular complexity index is 651. The fourth-order valence-corrected chi connectivity index (χ4v) is 1.90. The molecule has 0 radical (unpaired) electrons. The Morgan fingerprint density at radius 1 is 1.15 bits per heavy atom. The minimum atomic E-state index is -0.299. The van der Waals surface area contributed by atoms with E-state index in [-0.39, 0.29) is 11.7 Å². The van der Waals surface area contributed by atoms with E-state index >= 15 is 0 Å². The summed E-state index contributed by atoms with van der Waals surface area (Å²) >= 11 is 3.31. The molecule has 2 N–H and O–H groups in total. The molecule has 0 aliphatic rings. The Morgan fingerprint density at radius 3 is 2.45 bits per heavy atom. The van der Waals surface area contributed by atoms with Gasteiger partial charge in [-0.25, -0.2) is 5.43 Å². The first kappa shape index (κ1) is 14.3. The zero-order valence-corrected chi connectivity index (χ0v) is 12.4. The van der Waals surface area contributed by atoms with Gasteiger partial charge in [-0.3, -0.25) is 4.79 Å². The van der Waals surface area contributed by atoms with E-state index in [4.69, 9.17) is 0 Å². The number of hydrogen-bond acceptors (Lipinski definition) is 3. The number of nitrogens with one attached hydrogen (secondary N) is 1. The summed E-state index contributed by atoms with van der Waals surface area (Å²) in [6, 6.07) is 13.8. The van der Waals surface area contributed by atoms with Gasteiger partial charge in [0.1, 0.15) is 5.75 Å². The van der Waals surface area contributed by atoms with Gasteiger partial charge in [0.15, 0.2) is 0 Å². The van der Waals surface area contributed by atoms with E-state index in [1.54, 1.807) is 55.5 Å². The fraction of sp³-hybridized carbons (Fsp3) is 0.0667. The predicted molar refractivity (Wildman–Crippen MR) is 81.9 cm³/mol. The molecule has 5 heteroatoms. The normalized spacial score (nSPS) is 11.2. The molecule has 0 fully saturated rings. The van der Waals surface area contributed by atoms with Gasteiger partial charge in [-0.1, -0.05) is 28.1 Å². The van der Waals surface area contributed by atoms with Crippen molar-refractivity contribution in [1.29, 1.82) is 0 Å². The molecule has 0 bridgehead atoms. The van der Waals surface area contributed by atoms with Crippen LogP contribution >= 0.6 is 15.9 Å². The number of rotatable bonds is 3. The van der Waals surface area contributed by atoms with Crippen molar-refractivity contribution in [3.63, 3.8) is 0 Å². The number of carbonyl (C=O) groups excluding carboxylic acids is 1. The van der Waals surface area contributed by atoms with Crippen molar-refractivity contribution in [2.24, 2.45) is 5.10 Å². The zero-order chi connectivity index (χ0) is 14.5. The number of hydrazone groups is 1. The summed E-state index contributed by atoms with van der Waals surface area (Å²) in [5, 5.41) is 13.7. The zero-order valence-electron chi connectivity index (χ0n) is 10.8. The lowest BCUT2D eigenvalue weighted by Gasteiger charge is -2.05. The van der Waals surface area contributed by atoms with Crippen LogP contribution in [-0.4, -0.2) is 16.7 Å². The molecule has 0 spiro atoms. The maximum atomic E-state index is 11.9. The second kappa shape index (κ2) is 6.34. The molecule has 1 amide bonds. The van der Waals surface area contributed by atoms with Crippen LogP contribution in [0.25, 0.3) is 0 Å². The number of phenolic OH excluding ortho intramolecular Hbond substituents is 1. The Labute approximate surface area is 125 Å². The van der Waals surface area contributed by atoms with Crippen LogP contribution in [0.5, 0.6) is 5.75 Å². The quantitative estimate of drug-likeness (QED) is 0.669. The predicted octanol–water partition coefficient (Wildman–Crippen LogP) is 3.31. The number of carbonyl (C=O) groups is 1. The minimum absolute atomic E-state index is 0.131. The highest BCUT2D eigenvalue weighted by Gasteiger charge is 2.06. The number of aromatic hydroxyl groups is 1. The van der Waals surface area contributed by atoms with Gasteiger partial charge >= 0.3 is 0 Å². The van der Waals surface area contributed by atoms with Gasteiger partial charge in [-0.05, 0) is 43.3 Å². The largest absolute Gasteiger partial charge is 0.507 e. The van der Waals surface area contributed by atoms with Crippen LogP contribution in [0.4, 0.5) is 0 Å². The van der Waals surface area contributed by atoms with Gasteiger partial charge in [-0.2, -0.15) is 5.10 Å². The van der Waals surface area contributed by atoms with Gasteiger partial charge in [0.2, 0.25) is 0 Å². The van der Waals surface area contributed by atoms with Crippen LogP contribution in [0.15, 0.2) is 58.1 Å². The van der Waals surface area contributed by atoms with Crippen molar-refractivity contribution in [2.75, 3.05) is 0 Å². The van der Waals surface area contributed by atoms with Crippen LogP contribution in [0, 0.1) is 0 Å². The molecule has 2 aromatic carbocycles. The SMILES string of the molecule is C/C(=N\NC(=O)c1ccc(Br)cc1)c1ccccc1O. The van der Waals surface area contributed by atoms with E-state index in [0.29, 0.717) is 16.8 Å². The Hall–Kier alpha value is -2.14. The maximum Gasteiger partial charge on any atom is 0.271 e. The maximum absolute atomic E-state index is 11.9. The van der Waals surface area contributed by atoms with E-state index in [0.717, 1.165) is 4.47 Å². The summed E-state index contributed by atoms with van der Waals surface area (Å²) < 4.78 is 0.905. The average Bonchev–Trinajstić information content (AvgIpc) is 2.45. The molecule has 20 heavy (non-hydrogen) atoms. The lowest BCUT2D eigenvalue weighted by atomic mass is 10.1. The number of para-hydroxylation sites is 1. The van der Waals surface area contributed by atoms with Crippen molar-refractivity contribution in [3.05, 3.63) is 64.1 Å². The first-order chi connectivity index (χ1) is 9.58. The number of halogens is 1. The van der Waals surface area contributed by atoms with Gasteiger partial charge in [-0.15, -0.1) is 0 Å². The van der Waals surface area contributed by atoms with Crippen molar-refractivity contribution in [1.82, 2.24) is 5.43 Å². The summed E-state index contributed by atoms with van der Waals surface area (Å²) in [4.78, 5) is 11.9. The Balaban J connectivity index is 2.11. The van der Waals surface area contributed by atoms with E-state index in [1.165, 1.54) is 0 Å². The lowest BCUT2D eigenvalue weighted by Crippen LogP contribution is -2.19. The molecular weight excluding hydrogens is 320 g/mol. The number of nitrogens with zero attached hydrogens (tertiary/aromatic N) is 1. The molecule has 0 saturated heterocycles. The molecule has 0 unspecified atom stereocenters. The summed E-state index contributed by atoms with van der Waals surface area (Å²) in [7, 11) is 0. The highest BCUT2D eigenvalue weighted by atomic mass is 79.9. The van der Waals surface area contributed by atoms with Gasteiger partial charge in [0.25, 0.3) is 5.91 Å². The van der Waals surface area contributed by atoms with Crippen molar-refractivity contribution in [2.45, 2.75) is 6.92 Å². The lowest BCUT2D eigenvalue weighted by molar-refractivity contribution is 0.0955. The van der Waals surface area contributed by atoms with E-state index in [1.807, 2.05) is 0 Å². The van der Waals surface area contributed by atoms with Gasteiger partial charge < -0.3 is 5.11 Å². The first-order valence-corrected chi connectivity index (χ1v) is 6.76. The number of hydrogen-bond donors (Lipinski definition) is 2. The summed E-state index contributed by atoms with van der Waals surface area (Å²) in [6.45, 7) is 1.72. The molecule has 0 aliphatic heterocycles. The minimum Gasteiger partial charge on any atom is -0.507 e.